The van der Waals surface area contributed by atoms with E-state index in [0.717, 1.165) is 42.1 Å². The molecule has 1 aromatic heterocycles. The number of hydrogen-bond donors (Lipinski definition) is 0. The maximum atomic E-state index is 12.5. The Hall–Kier alpha value is -2.92. The molecular formula is C26H37N5O5S. The fourth-order valence-electron chi connectivity index (χ4n) is 4.85. The van der Waals surface area contributed by atoms with Crippen LogP contribution in [-0.4, -0.2) is 87.2 Å². The van der Waals surface area contributed by atoms with Crippen LogP contribution < -0.4 is 9.80 Å². The van der Waals surface area contributed by atoms with E-state index >= 15 is 0 Å². The highest BCUT2D eigenvalue weighted by Gasteiger charge is 2.31. The molecule has 1 fully saturated rings. The molecule has 202 valence electrons. The van der Waals surface area contributed by atoms with Crippen LogP contribution in [0.4, 0.5) is 22.1 Å². The van der Waals surface area contributed by atoms with E-state index < -0.39 is 15.4 Å². The Kier molecular flexibility index (Phi) is 7.94. The van der Waals surface area contributed by atoms with Gasteiger partial charge in [-0.05, 0) is 63.8 Å². The van der Waals surface area contributed by atoms with E-state index in [1.54, 1.807) is 30.5 Å². The summed E-state index contributed by atoms with van der Waals surface area (Å²) in [5.41, 5.74) is 1.44. The second-order valence-electron chi connectivity index (χ2n) is 10.6. The standard InChI is InChI=1S/C26H37N5O5S/c1-26(2,3)36-25(32)29-11-9-20(10-12-29)30(14-15-35-4)23-17-24(28-18-27-23)31-13-8-19-16-21(37(5,33)34)6-7-22(19)31/h6-7,16-18,20H,8-15H2,1-5H3. The first kappa shape index (κ1) is 27.1. The minimum absolute atomic E-state index is 0.194. The summed E-state index contributed by atoms with van der Waals surface area (Å²) in [4.78, 5) is 28.1. The summed E-state index contributed by atoms with van der Waals surface area (Å²) < 4.78 is 34.9. The lowest BCUT2D eigenvalue weighted by atomic mass is 10.0. The second-order valence-corrected chi connectivity index (χ2v) is 12.6. The zero-order valence-corrected chi connectivity index (χ0v) is 23.1. The van der Waals surface area contributed by atoms with Crippen LogP contribution in [0.5, 0.6) is 0 Å². The zero-order chi connectivity index (χ0) is 26.8. The molecule has 1 saturated heterocycles. The Labute approximate surface area is 219 Å². The molecule has 2 aliphatic rings. The van der Waals surface area contributed by atoms with E-state index in [4.69, 9.17) is 9.47 Å². The van der Waals surface area contributed by atoms with Crippen molar-refractivity contribution in [3.05, 3.63) is 36.2 Å². The molecule has 0 aliphatic carbocycles. The van der Waals surface area contributed by atoms with Gasteiger partial charge in [-0.1, -0.05) is 0 Å². The number of aromatic nitrogens is 2. The molecule has 37 heavy (non-hydrogen) atoms. The average molecular weight is 532 g/mol. The molecule has 1 amide bonds. The van der Waals surface area contributed by atoms with E-state index in [-0.39, 0.29) is 12.1 Å². The van der Waals surface area contributed by atoms with Crippen LogP contribution in [0, 0.1) is 0 Å². The first-order valence-corrected chi connectivity index (χ1v) is 14.5. The summed E-state index contributed by atoms with van der Waals surface area (Å²) >= 11 is 0. The zero-order valence-electron chi connectivity index (χ0n) is 22.3. The van der Waals surface area contributed by atoms with Crippen LogP contribution in [0.25, 0.3) is 0 Å². The summed E-state index contributed by atoms with van der Waals surface area (Å²) in [6.45, 7) is 8.78. The Morgan fingerprint density at radius 3 is 2.51 bits per heavy atom. The molecule has 3 heterocycles. The van der Waals surface area contributed by atoms with Crippen molar-refractivity contribution in [1.29, 1.82) is 0 Å². The first-order chi connectivity index (χ1) is 17.5. The number of fused-ring (bicyclic) bond motifs is 1. The van der Waals surface area contributed by atoms with Crippen molar-refractivity contribution in [1.82, 2.24) is 14.9 Å². The van der Waals surface area contributed by atoms with Crippen molar-refractivity contribution in [2.24, 2.45) is 0 Å². The highest BCUT2D eigenvalue weighted by Crippen LogP contribution is 2.36. The maximum Gasteiger partial charge on any atom is 0.410 e. The summed E-state index contributed by atoms with van der Waals surface area (Å²) in [5, 5.41) is 0. The molecule has 10 nitrogen and oxygen atoms in total. The van der Waals surface area contributed by atoms with Crippen LogP contribution in [0.15, 0.2) is 35.5 Å². The van der Waals surface area contributed by atoms with Gasteiger partial charge in [0.2, 0.25) is 0 Å². The predicted molar refractivity (Wildman–Crippen MR) is 142 cm³/mol. The van der Waals surface area contributed by atoms with Gasteiger partial charge >= 0.3 is 6.09 Å². The number of carbonyl (C=O) groups is 1. The summed E-state index contributed by atoms with van der Waals surface area (Å²) in [6.07, 6.45) is 4.86. The van der Waals surface area contributed by atoms with Crippen LogP contribution in [0.2, 0.25) is 0 Å². The Bertz CT molecular complexity index is 1220. The van der Waals surface area contributed by atoms with Gasteiger partial charge < -0.3 is 24.2 Å². The molecule has 2 aliphatic heterocycles. The van der Waals surface area contributed by atoms with Gasteiger partial charge in [0, 0.05) is 57.3 Å². The van der Waals surface area contributed by atoms with Gasteiger partial charge in [-0.3, -0.25) is 0 Å². The van der Waals surface area contributed by atoms with E-state index in [2.05, 4.69) is 19.8 Å². The number of carbonyl (C=O) groups excluding carboxylic acids is 1. The monoisotopic (exact) mass is 531 g/mol. The number of piperidine rings is 1. The first-order valence-electron chi connectivity index (χ1n) is 12.6. The second kappa shape index (κ2) is 10.8. The third kappa shape index (κ3) is 6.51. The molecule has 4 rings (SSSR count). The van der Waals surface area contributed by atoms with Crippen molar-refractivity contribution < 1.29 is 22.7 Å². The van der Waals surface area contributed by atoms with Gasteiger partial charge in [-0.2, -0.15) is 0 Å². The van der Waals surface area contributed by atoms with Crippen LogP contribution in [-0.2, 0) is 25.7 Å². The van der Waals surface area contributed by atoms with E-state index in [1.807, 2.05) is 32.9 Å². The molecule has 0 spiro atoms. The molecule has 0 N–H and O–H groups in total. The molecule has 0 unspecified atom stereocenters. The number of benzene rings is 1. The van der Waals surface area contributed by atoms with Crippen molar-refractivity contribution in [2.75, 3.05) is 56.0 Å². The largest absolute Gasteiger partial charge is 0.444 e. The normalized spacial score (nSPS) is 16.6. The van der Waals surface area contributed by atoms with E-state index in [9.17, 15) is 13.2 Å². The summed E-state index contributed by atoms with van der Waals surface area (Å²) in [7, 11) is -1.58. The molecule has 0 radical (unpaired) electrons. The number of sulfone groups is 1. The molecule has 11 heteroatoms. The highest BCUT2D eigenvalue weighted by atomic mass is 32.2. The number of nitrogens with zero attached hydrogens (tertiary/aromatic N) is 5. The van der Waals surface area contributed by atoms with Gasteiger partial charge in [0.25, 0.3) is 0 Å². The number of methoxy groups -OCH3 is 1. The third-order valence-electron chi connectivity index (χ3n) is 6.68. The van der Waals surface area contributed by atoms with Crippen molar-refractivity contribution in [3.63, 3.8) is 0 Å². The summed E-state index contributed by atoms with van der Waals surface area (Å²) in [5.74, 6) is 1.57. The van der Waals surface area contributed by atoms with Crippen LogP contribution in [0.1, 0.15) is 39.2 Å². The average Bonchev–Trinajstić information content (AvgIpc) is 3.27. The van der Waals surface area contributed by atoms with E-state index in [0.29, 0.717) is 37.7 Å². The van der Waals surface area contributed by atoms with Crippen molar-refractivity contribution in [3.8, 4) is 0 Å². The Morgan fingerprint density at radius 1 is 1.14 bits per heavy atom. The van der Waals surface area contributed by atoms with Gasteiger partial charge in [0.15, 0.2) is 9.84 Å². The smallest absolute Gasteiger partial charge is 0.410 e. The lowest BCUT2D eigenvalue weighted by Gasteiger charge is -2.39. The fraction of sp³-hybridized carbons (Fsp3) is 0.577. The fourth-order valence-corrected chi connectivity index (χ4v) is 5.52. The number of likely N-dealkylation sites (tertiary alicyclic amines) is 1. The van der Waals surface area contributed by atoms with Gasteiger partial charge in [-0.25, -0.2) is 23.2 Å². The van der Waals surface area contributed by atoms with Crippen molar-refractivity contribution in [2.45, 2.75) is 56.6 Å². The van der Waals surface area contributed by atoms with Gasteiger partial charge in [0.1, 0.15) is 23.6 Å². The molecular weight excluding hydrogens is 494 g/mol. The molecule has 0 saturated carbocycles. The lowest BCUT2D eigenvalue weighted by Crippen LogP contribution is -2.49. The predicted octanol–water partition coefficient (Wildman–Crippen LogP) is 3.43. The van der Waals surface area contributed by atoms with Gasteiger partial charge in [-0.15, -0.1) is 0 Å². The minimum atomic E-state index is -3.26. The molecule has 2 aromatic rings. The number of rotatable bonds is 7. The van der Waals surface area contributed by atoms with E-state index in [1.165, 1.54) is 6.26 Å². The third-order valence-corrected chi connectivity index (χ3v) is 7.79. The number of amides is 1. The summed E-state index contributed by atoms with van der Waals surface area (Å²) in [6, 6.07) is 7.44. The molecule has 0 bridgehead atoms. The Balaban J connectivity index is 1.52. The number of hydrogen-bond acceptors (Lipinski definition) is 9. The van der Waals surface area contributed by atoms with Crippen molar-refractivity contribution >= 4 is 33.3 Å². The Morgan fingerprint density at radius 2 is 1.86 bits per heavy atom. The number of ether oxygens (including phenoxy) is 2. The SMILES string of the molecule is COCCN(c1cc(N2CCc3cc(S(C)(=O)=O)ccc32)ncn1)C1CCN(C(=O)OC(C)(C)C)CC1. The topological polar surface area (TPSA) is 105 Å². The van der Waals surface area contributed by atoms with Crippen LogP contribution in [0.3, 0.4) is 0 Å². The number of anilines is 3. The van der Waals surface area contributed by atoms with Gasteiger partial charge in [0.05, 0.1) is 11.5 Å². The minimum Gasteiger partial charge on any atom is -0.444 e. The van der Waals surface area contributed by atoms with Crippen LogP contribution >= 0.6 is 0 Å². The molecule has 1 aromatic carbocycles. The highest BCUT2D eigenvalue weighted by molar-refractivity contribution is 7.90. The lowest BCUT2D eigenvalue weighted by molar-refractivity contribution is 0.0203. The maximum absolute atomic E-state index is 12.5. The molecule has 0 atom stereocenters. The quantitative estimate of drug-likeness (QED) is 0.531.